The first-order chi connectivity index (χ1) is 6.50. The fraction of sp³-hybridized carbons (Fsp3) is 0.909. The Kier molecular flexibility index (Phi) is 4.71. The summed E-state index contributed by atoms with van der Waals surface area (Å²) in [6, 6.07) is 0. The predicted octanol–water partition coefficient (Wildman–Crippen LogP) is 3.68. The molecule has 0 saturated heterocycles. The van der Waals surface area contributed by atoms with Gasteiger partial charge in [0.05, 0.1) is 0 Å². The van der Waals surface area contributed by atoms with Crippen molar-refractivity contribution in [1.29, 1.82) is 0 Å². The van der Waals surface area contributed by atoms with E-state index in [1.807, 2.05) is 0 Å². The third kappa shape index (κ3) is 3.43. The van der Waals surface area contributed by atoms with Gasteiger partial charge < -0.3 is 4.74 Å². The maximum atomic E-state index is 5.63. The van der Waals surface area contributed by atoms with E-state index in [1.54, 1.807) is 0 Å². The number of hydrogen-bond donors (Lipinski definition) is 1. The summed E-state index contributed by atoms with van der Waals surface area (Å²) in [6.07, 6.45) is 4.01. The van der Waals surface area contributed by atoms with Gasteiger partial charge in [0.1, 0.15) is 6.10 Å². The second-order valence-electron chi connectivity index (χ2n) is 4.75. The van der Waals surface area contributed by atoms with E-state index in [4.69, 9.17) is 17.0 Å². The molecule has 0 bridgehead atoms. The van der Waals surface area contributed by atoms with Crippen molar-refractivity contribution in [2.24, 2.45) is 17.8 Å². The maximum Gasteiger partial charge on any atom is 0.217 e. The van der Waals surface area contributed by atoms with E-state index in [-0.39, 0.29) is 0 Å². The first-order valence-corrected chi connectivity index (χ1v) is 6.25. The highest BCUT2D eigenvalue weighted by molar-refractivity contribution is 8.10. The summed E-state index contributed by atoms with van der Waals surface area (Å²) in [4.78, 5) is 0. The lowest BCUT2D eigenvalue weighted by atomic mass is 9.75. The van der Waals surface area contributed by atoms with Gasteiger partial charge in [0.15, 0.2) is 0 Å². The first-order valence-electron chi connectivity index (χ1n) is 5.40. The van der Waals surface area contributed by atoms with Crippen molar-refractivity contribution >= 4 is 29.2 Å². The molecule has 1 rings (SSSR count). The molecule has 0 aromatic heterocycles. The quantitative estimate of drug-likeness (QED) is 0.574. The third-order valence-corrected chi connectivity index (χ3v) is 3.42. The molecule has 3 atom stereocenters. The largest absolute Gasteiger partial charge is 0.475 e. The van der Waals surface area contributed by atoms with Crippen molar-refractivity contribution in [3.05, 3.63) is 0 Å². The normalized spacial score (nSPS) is 33.1. The van der Waals surface area contributed by atoms with Gasteiger partial charge in [0, 0.05) is 0 Å². The van der Waals surface area contributed by atoms with Crippen LogP contribution < -0.4 is 0 Å². The highest BCUT2D eigenvalue weighted by Crippen LogP contribution is 2.35. The molecule has 2 unspecified atom stereocenters. The molecule has 0 spiro atoms. The minimum Gasteiger partial charge on any atom is -0.475 e. The van der Waals surface area contributed by atoms with Gasteiger partial charge in [-0.3, -0.25) is 0 Å². The monoisotopic (exact) mass is 232 g/mol. The summed E-state index contributed by atoms with van der Waals surface area (Å²) >= 11 is 8.95. The zero-order chi connectivity index (χ0) is 10.7. The van der Waals surface area contributed by atoms with Crippen LogP contribution >= 0.6 is 24.8 Å². The maximum absolute atomic E-state index is 5.63. The van der Waals surface area contributed by atoms with Crippen molar-refractivity contribution < 1.29 is 4.74 Å². The van der Waals surface area contributed by atoms with E-state index >= 15 is 0 Å². The van der Waals surface area contributed by atoms with Crippen LogP contribution in [0.15, 0.2) is 0 Å². The van der Waals surface area contributed by atoms with Gasteiger partial charge in [0.2, 0.25) is 4.38 Å². The van der Waals surface area contributed by atoms with Crippen molar-refractivity contribution in [1.82, 2.24) is 0 Å². The standard InChI is InChI=1S/C11H20OS2/c1-7(2)9-5-4-8(3)6-10(9)12-11(13)14/h7-10H,4-6H2,1-3H3,(H,13,14)/t8-,9?,10?/m1/s1. The van der Waals surface area contributed by atoms with E-state index in [0.717, 1.165) is 12.3 Å². The lowest BCUT2D eigenvalue weighted by Crippen LogP contribution is -2.34. The fourth-order valence-electron chi connectivity index (χ4n) is 2.38. The third-order valence-electron chi connectivity index (χ3n) is 3.21. The van der Waals surface area contributed by atoms with Crippen molar-refractivity contribution in [2.45, 2.75) is 46.1 Å². The smallest absolute Gasteiger partial charge is 0.217 e. The average molecular weight is 232 g/mol. The van der Waals surface area contributed by atoms with Gasteiger partial charge >= 0.3 is 0 Å². The Bertz CT molecular complexity index is 203. The highest BCUT2D eigenvalue weighted by atomic mass is 32.1. The Morgan fingerprint density at radius 2 is 2.07 bits per heavy atom. The van der Waals surface area contributed by atoms with Crippen LogP contribution in [0.5, 0.6) is 0 Å². The van der Waals surface area contributed by atoms with Crippen LogP contribution in [0.1, 0.15) is 40.0 Å². The first kappa shape index (κ1) is 12.3. The van der Waals surface area contributed by atoms with Crippen LogP contribution in [0.4, 0.5) is 0 Å². The molecular formula is C11H20OS2. The van der Waals surface area contributed by atoms with Crippen molar-refractivity contribution in [3.8, 4) is 0 Å². The SMILES string of the molecule is CC(C)C1CC[C@@H](C)CC1OC(=S)S. The molecule has 1 nitrogen and oxygen atoms in total. The van der Waals surface area contributed by atoms with Gasteiger partial charge in [-0.05, 0) is 42.8 Å². The number of rotatable bonds is 2. The van der Waals surface area contributed by atoms with Crippen LogP contribution in [0.25, 0.3) is 0 Å². The minimum absolute atomic E-state index is 0.295. The van der Waals surface area contributed by atoms with E-state index in [2.05, 4.69) is 33.4 Å². The van der Waals surface area contributed by atoms with Crippen LogP contribution in [0.2, 0.25) is 0 Å². The minimum atomic E-state index is 0.295. The molecule has 0 amide bonds. The zero-order valence-corrected chi connectivity index (χ0v) is 10.9. The van der Waals surface area contributed by atoms with Crippen LogP contribution in [-0.2, 0) is 4.74 Å². The van der Waals surface area contributed by atoms with Gasteiger partial charge in [-0.15, -0.1) is 0 Å². The molecule has 82 valence electrons. The molecule has 1 saturated carbocycles. The van der Waals surface area contributed by atoms with Crippen LogP contribution in [-0.4, -0.2) is 10.5 Å². The van der Waals surface area contributed by atoms with E-state index in [0.29, 0.717) is 22.3 Å². The average Bonchev–Trinajstić information content (AvgIpc) is 2.01. The van der Waals surface area contributed by atoms with Crippen molar-refractivity contribution in [2.75, 3.05) is 0 Å². The van der Waals surface area contributed by atoms with Gasteiger partial charge in [-0.25, -0.2) is 0 Å². The lowest BCUT2D eigenvalue weighted by Gasteiger charge is -2.36. The second kappa shape index (κ2) is 5.36. The molecule has 14 heavy (non-hydrogen) atoms. The molecule has 0 aliphatic heterocycles. The van der Waals surface area contributed by atoms with Crippen LogP contribution in [0.3, 0.4) is 0 Å². The summed E-state index contributed by atoms with van der Waals surface area (Å²) in [6.45, 7) is 6.81. The molecular weight excluding hydrogens is 212 g/mol. The highest BCUT2D eigenvalue weighted by Gasteiger charge is 2.32. The van der Waals surface area contributed by atoms with Crippen molar-refractivity contribution in [3.63, 3.8) is 0 Å². The van der Waals surface area contributed by atoms with Gasteiger partial charge in [-0.1, -0.05) is 39.8 Å². The summed E-state index contributed by atoms with van der Waals surface area (Å²) in [5.74, 6) is 2.09. The zero-order valence-electron chi connectivity index (χ0n) is 9.19. The van der Waals surface area contributed by atoms with E-state index in [9.17, 15) is 0 Å². The molecule has 1 fully saturated rings. The molecule has 0 aromatic rings. The molecule has 0 N–H and O–H groups in total. The van der Waals surface area contributed by atoms with Gasteiger partial charge in [0.25, 0.3) is 0 Å². The number of ether oxygens (including phenoxy) is 1. The molecule has 1 aliphatic carbocycles. The van der Waals surface area contributed by atoms with Crippen LogP contribution in [0, 0.1) is 17.8 Å². The molecule has 0 heterocycles. The predicted molar refractivity (Wildman–Crippen MR) is 67.8 cm³/mol. The Hall–Kier alpha value is 0.240. The Labute approximate surface area is 98.0 Å². The van der Waals surface area contributed by atoms with E-state index < -0.39 is 0 Å². The molecule has 0 radical (unpaired) electrons. The Morgan fingerprint density at radius 3 is 2.57 bits per heavy atom. The summed E-state index contributed by atoms with van der Waals surface area (Å²) in [5, 5.41) is 0. The second-order valence-corrected chi connectivity index (χ2v) is 5.83. The summed E-state index contributed by atoms with van der Waals surface area (Å²) in [7, 11) is 0. The lowest BCUT2D eigenvalue weighted by molar-refractivity contribution is 0.0428. The number of hydrogen-bond acceptors (Lipinski definition) is 2. The fourth-order valence-corrected chi connectivity index (χ4v) is 2.64. The Balaban J connectivity index is 2.58. The molecule has 3 heteroatoms. The van der Waals surface area contributed by atoms with Gasteiger partial charge in [-0.2, -0.15) is 0 Å². The number of thiocarbonyl (C=S) groups is 1. The van der Waals surface area contributed by atoms with E-state index in [1.165, 1.54) is 12.8 Å². The molecule has 0 aromatic carbocycles. The number of thiol groups is 1. The topological polar surface area (TPSA) is 9.23 Å². The molecule has 1 aliphatic rings. The summed E-state index contributed by atoms with van der Waals surface area (Å²) in [5.41, 5.74) is 0. The Morgan fingerprint density at radius 1 is 1.43 bits per heavy atom. The summed E-state index contributed by atoms with van der Waals surface area (Å²) < 4.78 is 6.03.